The monoisotopic (exact) mass is 586 g/mol. The molecule has 0 spiro atoms. The van der Waals surface area contributed by atoms with E-state index in [1.54, 1.807) is 0 Å². The molecule has 0 N–H and O–H groups in total. The number of hydrogen-bond donors (Lipinski definition) is 0. The van der Waals surface area contributed by atoms with Crippen LogP contribution < -0.4 is 10.6 Å². The summed E-state index contributed by atoms with van der Waals surface area (Å²) in [5.41, 5.74) is 0. The van der Waals surface area contributed by atoms with Crippen molar-refractivity contribution in [2.75, 3.05) is 12.3 Å². The van der Waals surface area contributed by atoms with Gasteiger partial charge in [-0.2, -0.15) is 0 Å². The van der Waals surface area contributed by atoms with Crippen LogP contribution >= 0.6 is 14.7 Å². The van der Waals surface area contributed by atoms with Crippen molar-refractivity contribution >= 4 is 25.3 Å². The summed E-state index contributed by atoms with van der Waals surface area (Å²) < 4.78 is 43.5. The summed E-state index contributed by atoms with van der Waals surface area (Å²) in [6.07, 6.45) is 6.72. The van der Waals surface area contributed by atoms with E-state index in [-0.39, 0.29) is 24.5 Å². The van der Waals surface area contributed by atoms with Gasteiger partial charge in [0, 0.05) is 22.9 Å². The first-order valence-corrected chi connectivity index (χ1v) is 19.3. The Kier molecular flexibility index (Phi) is 11.0. The van der Waals surface area contributed by atoms with Gasteiger partial charge in [-0.1, -0.05) is 90.8 Å². The first-order valence-electron chi connectivity index (χ1n) is 15.7. The molecule has 0 aromatic heterocycles. The summed E-state index contributed by atoms with van der Waals surface area (Å²) in [4.78, 5) is 0. The van der Waals surface area contributed by atoms with E-state index in [2.05, 4.69) is 41.5 Å². The lowest BCUT2D eigenvalue weighted by molar-refractivity contribution is 0.0481. The molecule has 2 aromatic rings. The molecule has 4 nitrogen and oxygen atoms in total. The third kappa shape index (κ3) is 7.80. The van der Waals surface area contributed by atoms with Gasteiger partial charge in [-0.25, -0.2) is 0 Å². The zero-order valence-corrected chi connectivity index (χ0v) is 27.4. The highest BCUT2D eigenvalue weighted by molar-refractivity contribution is 7.70. The fourth-order valence-corrected chi connectivity index (χ4v) is 12.7. The molecule has 2 aliphatic carbocycles. The Hall–Kier alpha value is -1.18. The maximum atomic E-state index is 15.0. The molecular formula is C34H52O4P2. The van der Waals surface area contributed by atoms with Crippen LogP contribution in [0.1, 0.15) is 80.1 Å². The second-order valence-electron chi connectivity index (χ2n) is 13.4. The largest absolute Gasteiger partial charge is 0.322 e. The van der Waals surface area contributed by atoms with Gasteiger partial charge in [-0.15, -0.1) is 0 Å². The maximum absolute atomic E-state index is 15.0. The number of rotatable bonds is 11. The molecule has 0 radical (unpaired) electrons. The minimum absolute atomic E-state index is 0.0590. The molecule has 4 rings (SSSR count). The van der Waals surface area contributed by atoms with Crippen molar-refractivity contribution in [1.82, 2.24) is 0 Å². The molecule has 8 atom stereocenters. The molecule has 0 heterocycles. The van der Waals surface area contributed by atoms with Crippen molar-refractivity contribution in [3.8, 4) is 0 Å². The van der Waals surface area contributed by atoms with E-state index in [1.807, 2.05) is 60.7 Å². The summed E-state index contributed by atoms with van der Waals surface area (Å²) in [6, 6.07) is 19.3. The first-order chi connectivity index (χ1) is 19.0. The van der Waals surface area contributed by atoms with Crippen LogP contribution in [0.4, 0.5) is 0 Å². The molecule has 0 saturated heterocycles. The number of benzene rings is 2. The minimum Gasteiger partial charge on any atom is -0.322 e. The Morgan fingerprint density at radius 3 is 1.30 bits per heavy atom. The Morgan fingerprint density at radius 1 is 0.625 bits per heavy atom. The van der Waals surface area contributed by atoms with Crippen LogP contribution in [0.25, 0.3) is 0 Å². The Labute approximate surface area is 243 Å². The molecule has 0 amide bonds. The van der Waals surface area contributed by atoms with Crippen molar-refractivity contribution in [1.29, 1.82) is 0 Å². The van der Waals surface area contributed by atoms with Crippen molar-refractivity contribution in [3.05, 3.63) is 60.7 Å². The van der Waals surface area contributed by atoms with Gasteiger partial charge in [0.15, 0.2) is 0 Å². The van der Waals surface area contributed by atoms with Crippen LogP contribution in [0.3, 0.4) is 0 Å². The zero-order valence-electron chi connectivity index (χ0n) is 25.6. The van der Waals surface area contributed by atoms with Gasteiger partial charge < -0.3 is 9.05 Å². The predicted molar refractivity (Wildman–Crippen MR) is 170 cm³/mol. The lowest BCUT2D eigenvalue weighted by Gasteiger charge is -2.40. The van der Waals surface area contributed by atoms with Crippen molar-refractivity contribution in [2.45, 2.75) is 92.3 Å². The lowest BCUT2D eigenvalue weighted by Crippen LogP contribution is -2.36. The maximum Gasteiger partial charge on any atom is 0.232 e. The SMILES string of the molecule is CC1CCC(C(C)C)C(OP(=O)(CCP(=O)(OC2CC(C)CCC2C(C)C)c2ccccc2)c2ccccc2)C1. The summed E-state index contributed by atoms with van der Waals surface area (Å²) in [5, 5.41) is 1.45. The standard InChI is InChI=1S/C34H52O4P2/c1-25(2)31-19-17-27(5)23-33(31)37-39(35,29-13-9-7-10-14-29)21-22-40(36,30-15-11-8-12-16-30)38-34-24-28(6)18-20-32(34)26(3)4/h7-16,25-28,31-34H,17-24H2,1-6H3. The third-order valence-electron chi connectivity index (χ3n) is 9.52. The van der Waals surface area contributed by atoms with Gasteiger partial charge >= 0.3 is 0 Å². The van der Waals surface area contributed by atoms with Crippen LogP contribution in [0.2, 0.25) is 0 Å². The van der Waals surface area contributed by atoms with Crippen LogP contribution in [0.15, 0.2) is 60.7 Å². The summed E-state index contributed by atoms with van der Waals surface area (Å²) >= 11 is 0. The van der Waals surface area contributed by atoms with E-state index in [0.717, 1.165) is 36.3 Å². The van der Waals surface area contributed by atoms with E-state index < -0.39 is 14.7 Å². The van der Waals surface area contributed by atoms with Gasteiger partial charge in [0.25, 0.3) is 0 Å². The van der Waals surface area contributed by atoms with Crippen molar-refractivity contribution in [3.63, 3.8) is 0 Å². The molecule has 2 aromatic carbocycles. The molecule has 0 bridgehead atoms. The fourth-order valence-electron chi connectivity index (χ4n) is 6.97. The lowest BCUT2D eigenvalue weighted by atomic mass is 9.75. The normalized spacial score (nSPS) is 30.6. The molecule has 2 fully saturated rings. The minimum atomic E-state index is -3.31. The van der Waals surface area contributed by atoms with E-state index >= 15 is 0 Å². The van der Waals surface area contributed by atoms with Crippen LogP contribution in [-0.2, 0) is 18.2 Å². The Balaban J connectivity index is 1.65. The predicted octanol–water partition coefficient (Wildman–Crippen LogP) is 9.15. The van der Waals surface area contributed by atoms with E-state index in [0.29, 0.717) is 35.5 Å². The van der Waals surface area contributed by atoms with Gasteiger partial charge in [-0.05, 0) is 85.5 Å². The Morgan fingerprint density at radius 2 is 0.975 bits per heavy atom. The van der Waals surface area contributed by atoms with Crippen LogP contribution in [0, 0.1) is 35.5 Å². The third-order valence-corrected chi connectivity index (χ3v) is 14.9. The van der Waals surface area contributed by atoms with Gasteiger partial charge in [-0.3, -0.25) is 9.13 Å². The number of hydrogen-bond acceptors (Lipinski definition) is 4. The highest BCUT2D eigenvalue weighted by Crippen LogP contribution is 2.57. The molecule has 2 saturated carbocycles. The van der Waals surface area contributed by atoms with E-state index in [4.69, 9.17) is 9.05 Å². The van der Waals surface area contributed by atoms with Crippen molar-refractivity contribution < 1.29 is 18.2 Å². The van der Waals surface area contributed by atoms with Gasteiger partial charge in [0.05, 0.1) is 12.2 Å². The molecule has 6 heteroatoms. The highest BCUT2D eigenvalue weighted by Gasteiger charge is 2.42. The second-order valence-corrected chi connectivity index (χ2v) is 18.4. The highest BCUT2D eigenvalue weighted by atomic mass is 31.2. The van der Waals surface area contributed by atoms with Gasteiger partial charge in [0.1, 0.15) is 0 Å². The first kappa shape index (κ1) is 31.7. The van der Waals surface area contributed by atoms with Crippen LogP contribution in [0.5, 0.6) is 0 Å². The molecule has 2 aliphatic rings. The topological polar surface area (TPSA) is 52.6 Å². The molecule has 0 aliphatic heterocycles. The average Bonchev–Trinajstić information content (AvgIpc) is 2.93. The Bertz CT molecular complexity index is 1060. The van der Waals surface area contributed by atoms with Gasteiger partial charge in [0.2, 0.25) is 14.7 Å². The summed E-state index contributed by atoms with van der Waals surface area (Å²) in [7, 11) is -6.63. The van der Waals surface area contributed by atoms with Crippen LogP contribution in [-0.4, -0.2) is 24.5 Å². The summed E-state index contributed by atoms with van der Waals surface area (Å²) in [6.45, 7) is 13.5. The molecule has 8 unspecified atom stereocenters. The van der Waals surface area contributed by atoms with E-state index in [1.165, 1.54) is 12.8 Å². The zero-order chi connectivity index (χ0) is 28.9. The smallest absolute Gasteiger partial charge is 0.232 e. The molecular weight excluding hydrogens is 534 g/mol. The van der Waals surface area contributed by atoms with Crippen molar-refractivity contribution in [2.24, 2.45) is 35.5 Å². The fraction of sp³-hybridized carbons (Fsp3) is 0.647. The quantitative estimate of drug-likeness (QED) is 0.246. The molecule has 40 heavy (non-hydrogen) atoms. The summed E-state index contributed by atoms with van der Waals surface area (Å²) in [5.74, 6) is 2.76. The average molecular weight is 587 g/mol. The molecule has 222 valence electrons. The van der Waals surface area contributed by atoms with E-state index in [9.17, 15) is 9.13 Å². The second kappa shape index (κ2) is 13.9.